The molecule has 3 nitrogen and oxygen atoms in total. The molecule has 86 valence electrons. The fourth-order valence-corrected chi connectivity index (χ4v) is 3.28. The van der Waals surface area contributed by atoms with E-state index < -0.39 is 0 Å². The maximum absolute atomic E-state index is 12.0. The summed E-state index contributed by atoms with van der Waals surface area (Å²) >= 11 is 0. The monoisotopic (exact) mass is 219 g/mol. The summed E-state index contributed by atoms with van der Waals surface area (Å²) in [6, 6.07) is 3.74. The largest absolute Gasteiger partial charge is 0.467 e. The Morgan fingerprint density at radius 1 is 1.44 bits per heavy atom. The van der Waals surface area contributed by atoms with Crippen molar-refractivity contribution in [1.82, 2.24) is 5.32 Å². The van der Waals surface area contributed by atoms with Crippen LogP contribution in [0.25, 0.3) is 0 Å². The van der Waals surface area contributed by atoms with E-state index in [1.54, 1.807) is 6.26 Å². The molecule has 3 heteroatoms. The molecule has 0 spiro atoms. The molecule has 3 rings (SSSR count). The van der Waals surface area contributed by atoms with Gasteiger partial charge in [0.1, 0.15) is 5.76 Å². The SMILES string of the molecule is O=C(NCc1ccco1)[C@H]1C[C@H]2CC[C@@H]1C2. The van der Waals surface area contributed by atoms with Gasteiger partial charge in [0.15, 0.2) is 0 Å². The Morgan fingerprint density at radius 3 is 3.00 bits per heavy atom. The van der Waals surface area contributed by atoms with E-state index in [9.17, 15) is 4.79 Å². The summed E-state index contributed by atoms with van der Waals surface area (Å²) in [5.74, 6) is 2.81. The maximum atomic E-state index is 12.0. The minimum absolute atomic E-state index is 0.226. The molecular formula is C13H17NO2. The van der Waals surface area contributed by atoms with E-state index >= 15 is 0 Å². The Morgan fingerprint density at radius 2 is 2.38 bits per heavy atom. The lowest BCUT2D eigenvalue weighted by Crippen LogP contribution is -2.33. The molecule has 1 amide bonds. The van der Waals surface area contributed by atoms with E-state index in [4.69, 9.17) is 4.42 Å². The first-order valence-electron chi connectivity index (χ1n) is 6.13. The average molecular weight is 219 g/mol. The molecule has 1 aromatic rings. The van der Waals surface area contributed by atoms with Crippen molar-refractivity contribution < 1.29 is 9.21 Å². The van der Waals surface area contributed by atoms with Crippen molar-refractivity contribution in [3.05, 3.63) is 24.2 Å². The van der Waals surface area contributed by atoms with Gasteiger partial charge in [-0.1, -0.05) is 6.42 Å². The van der Waals surface area contributed by atoms with Crippen LogP contribution in [0, 0.1) is 17.8 Å². The first-order chi connectivity index (χ1) is 7.83. The summed E-state index contributed by atoms with van der Waals surface area (Å²) in [6.07, 6.45) is 6.61. The highest BCUT2D eigenvalue weighted by Gasteiger charge is 2.42. The molecule has 2 fully saturated rings. The first kappa shape index (κ1) is 9.94. The quantitative estimate of drug-likeness (QED) is 0.847. The van der Waals surface area contributed by atoms with Gasteiger partial charge < -0.3 is 9.73 Å². The molecule has 2 bridgehead atoms. The minimum Gasteiger partial charge on any atom is -0.467 e. The molecule has 2 saturated carbocycles. The van der Waals surface area contributed by atoms with Gasteiger partial charge in [0.25, 0.3) is 0 Å². The van der Waals surface area contributed by atoms with E-state index in [0.29, 0.717) is 12.5 Å². The normalized spacial score (nSPS) is 31.9. The van der Waals surface area contributed by atoms with Crippen LogP contribution in [0.1, 0.15) is 31.4 Å². The third kappa shape index (κ3) is 1.75. The number of fused-ring (bicyclic) bond motifs is 2. The lowest BCUT2D eigenvalue weighted by atomic mass is 9.88. The zero-order valence-electron chi connectivity index (χ0n) is 9.32. The van der Waals surface area contributed by atoms with E-state index in [-0.39, 0.29) is 11.8 Å². The number of hydrogen-bond donors (Lipinski definition) is 1. The van der Waals surface area contributed by atoms with Gasteiger partial charge in [0, 0.05) is 5.92 Å². The zero-order valence-corrected chi connectivity index (χ0v) is 9.32. The summed E-state index contributed by atoms with van der Waals surface area (Å²) in [5.41, 5.74) is 0. The van der Waals surface area contributed by atoms with Crippen molar-refractivity contribution in [2.75, 3.05) is 0 Å². The average Bonchev–Trinajstić information content (AvgIpc) is 3.01. The second kappa shape index (κ2) is 3.96. The molecule has 1 N–H and O–H groups in total. The summed E-state index contributed by atoms with van der Waals surface area (Å²) in [6.45, 7) is 0.527. The lowest BCUT2D eigenvalue weighted by Gasteiger charge is -2.20. The van der Waals surface area contributed by atoms with E-state index in [0.717, 1.165) is 18.1 Å². The first-order valence-corrected chi connectivity index (χ1v) is 6.13. The van der Waals surface area contributed by atoms with Crippen molar-refractivity contribution in [1.29, 1.82) is 0 Å². The van der Waals surface area contributed by atoms with Gasteiger partial charge >= 0.3 is 0 Å². The highest BCUT2D eigenvalue weighted by molar-refractivity contribution is 5.79. The Labute approximate surface area is 95.2 Å². The molecule has 1 aromatic heterocycles. The van der Waals surface area contributed by atoms with Crippen LogP contribution in [0.15, 0.2) is 22.8 Å². The molecule has 1 heterocycles. The van der Waals surface area contributed by atoms with E-state index in [2.05, 4.69) is 5.32 Å². The molecule has 2 aliphatic carbocycles. The third-order valence-corrected chi connectivity index (χ3v) is 4.09. The molecule has 0 aliphatic heterocycles. The van der Waals surface area contributed by atoms with Crippen LogP contribution in [0.3, 0.4) is 0 Å². The summed E-state index contributed by atoms with van der Waals surface area (Å²) in [4.78, 5) is 12.0. The number of furan rings is 1. The Hall–Kier alpha value is -1.25. The van der Waals surface area contributed by atoms with E-state index in [1.807, 2.05) is 12.1 Å². The molecule has 0 saturated heterocycles. The third-order valence-electron chi connectivity index (χ3n) is 4.09. The van der Waals surface area contributed by atoms with Gasteiger partial charge in [-0.25, -0.2) is 0 Å². The number of nitrogens with one attached hydrogen (secondary N) is 1. The van der Waals surface area contributed by atoms with Gasteiger partial charge in [0.2, 0.25) is 5.91 Å². The number of carbonyl (C=O) groups is 1. The lowest BCUT2D eigenvalue weighted by molar-refractivity contribution is -0.126. The van der Waals surface area contributed by atoms with Crippen LogP contribution in [0.5, 0.6) is 0 Å². The summed E-state index contributed by atoms with van der Waals surface area (Å²) in [5, 5.41) is 2.98. The molecule has 16 heavy (non-hydrogen) atoms. The van der Waals surface area contributed by atoms with Crippen LogP contribution in [-0.2, 0) is 11.3 Å². The molecule has 0 radical (unpaired) electrons. The standard InChI is InChI=1S/C13H17NO2/c15-13(14-8-11-2-1-5-16-11)12-7-9-3-4-10(12)6-9/h1-2,5,9-10,12H,3-4,6-8H2,(H,14,15)/t9-,10+,12-/m0/s1. The van der Waals surface area contributed by atoms with Crippen molar-refractivity contribution in [3.63, 3.8) is 0 Å². The van der Waals surface area contributed by atoms with Crippen molar-refractivity contribution in [2.45, 2.75) is 32.2 Å². The van der Waals surface area contributed by atoms with E-state index in [1.165, 1.54) is 19.3 Å². The fourth-order valence-electron chi connectivity index (χ4n) is 3.28. The second-order valence-corrected chi connectivity index (χ2v) is 5.08. The van der Waals surface area contributed by atoms with Crippen molar-refractivity contribution in [2.24, 2.45) is 17.8 Å². The van der Waals surface area contributed by atoms with Gasteiger partial charge in [-0.15, -0.1) is 0 Å². The topological polar surface area (TPSA) is 42.2 Å². The Bertz CT molecular complexity index is 371. The fraction of sp³-hybridized carbons (Fsp3) is 0.615. The predicted molar refractivity (Wildman–Crippen MR) is 59.5 cm³/mol. The Balaban J connectivity index is 1.54. The van der Waals surface area contributed by atoms with Crippen molar-refractivity contribution in [3.8, 4) is 0 Å². The van der Waals surface area contributed by atoms with Gasteiger partial charge in [-0.05, 0) is 43.2 Å². The van der Waals surface area contributed by atoms with Gasteiger partial charge in [-0.3, -0.25) is 4.79 Å². The Kier molecular flexibility index (Phi) is 2.46. The minimum atomic E-state index is 0.226. The highest BCUT2D eigenvalue weighted by atomic mass is 16.3. The van der Waals surface area contributed by atoms with Crippen LogP contribution in [-0.4, -0.2) is 5.91 Å². The van der Waals surface area contributed by atoms with Crippen molar-refractivity contribution >= 4 is 5.91 Å². The summed E-state index contributed by atoms with van der Waals surface area (Å²) in [7, 11) is 0. The predicted octanol–water partition coefficient (Wildman–Crippen LogP) is 2.33. The number of hydrogen-bond acceptors (Lipinski definition) is 2. The smallest absolute Gasteiger partial charge is 0.223 e. The number of rotatable bonds is 3. The number of amides is 1. The van der Waals surface area contributed by atoms with Crippen LogP contribution < -0.4 is 5.32 Å². The van der Waals surface area contributed by atoms with Crippen LogP contribution >= 0.6 is 0 Å². The van der Waals surface area contributed by atoms with Gasteiger partial charge in [0.05, 0.1) is 12.8 Å². The highest BCUT2D eigenvalue weighted by Crippen LogP contribution is 2.48. The molecule has 2 aliphatic rings. The number of carbonyl (C=O) groups excluding carboxylic acids is 1. The summed E-state index contributed by atoms with van der Waals surface area (Å²) < 4.78 is 5.19. The molecular weight excluding hydrogens is 202 g/mol. The zero-order chi connectivity index (χ0) is 11.0. The van der Waals surface area contributed by atoms with Crippen LogP contribution in [0.2, 0.25) is 0 Å². The second-order valence-electron chi connectivity index (χ2n) is 5.08. The maximum Gasteiger partial charge on any atom is 0.223 e. The molecule has 3 atom stereocenters. The van der Waals surface area contributed by atoms with Gasteiger partial charge in [-0.2, -0.15) is 0 Å². The molecule has 0 unspecified atom stereocenters. The van der Waals surface area contributed by atoms with Crippen LogP contribution in [0.4, 0.5) is 0 Å². The molecule has 0 aromatic carbocycles.